The molecule has 2 heterocycles. The van der Waals surface area contributed by atoms with Crippen LogP contribution in [-0.2, 0) is 18.6 Å². The maximum Gasteiger partial charge on any atom is 0.457 e. The summed E-state index contributed by atoms with van der Waals surface area (Å²) in [5.41, 5.74) is 0. The molecule has 0 aliphatic carbocycles. The minimum Gasteiger partial charge on any atom is -0.408 e. The Labute approximate surface area is 239 Å². The zero-order chi connectivity index (χ0) is 26.6. The van der Waals surface area contributed by atoms with Crippen molar-refractivity contribution in [2.45, 2.75) is 166 Å². The van der Waals surface area contributed by atoms with Gasteiger partial charge in [0.25, 0.3) is 0 Å². The number of thioether (sulfide) groups is 2. The van der Waals surface area contributed by atoms with Crippen molar-refractivity contribution >= 4 is 37.8 Å². The summed E-state index contributed by atoms with van der Waals surface area (Å²) in [7, 11) is -0.211. The highest BCUT2D eigenvalue weighted by Crippen LogP contribution is 2.39. The van der Waals surface area contributed by atoms with Crippen LogP contribution in [0.5, 0.6) is 0 Å². The van der Waals surface area contributed by atoms with Crippen LogP contribution in [0.1, 0.15) is 130 Å². The molecule has 0 amide bonds. The molecule has 0 aromatic heterocycles. The molecule has 2 fully saturated rings. The van der Waals surface area contributed by atoms with Gasteiger partial charge in [-0.25, -0.2) is 0 Å². The van der Waals surface area contributed by atoms with E-state index >= 15 is 0 Å². The van der Waals surface area contributed by atoms with Gasteiger partial charge in [-0.1, -0.05) is 118 Å². The van der Waals surface area contributed by atoms with Crippen molar-refractivity contribution in [3.05, 3.63) is 0 Å². The van der Waals surface area contributed by atoms with Crippen LogP contribution in [0.3, 0.4) is 0 Å². The third kappa shape index (κ3) is 14.2. The smallest absolute Gasteiger partial charge is 0.408 e. The number of unbranched alkanes of at least 4 members (excludes halogenated alkanes) is 14. The average molecular weight is 557 g/mol. The highest BCUT2D eigenvalue weighted by Gasteiger charge is 2.49. The second kappa shape index (κ2) is 22.4. The van der Waals surface area contributed by atoms with Gasteiger partial charge >= 0.3 is 14.2 Å². The zero-order valence-corrected chi connectivity index (χ0v) is 26.4. The third-order valence-corrected chi connectivity index (χ3v) is 10.6. The van der Waals surface area contributed by atoms with E-state index in [4.69, 9.17) is 18.6 Å². The molecule has 2 aliphatic rings. The second-order valence-electron chi connectivity index (χ2n) is 10.9. The maximum absolute atomic E-state index is 6.53. The highest BCUT2D eigenvalue weighted by atomic mass is 32.2. The van der Waals surface area contributed by atoms with Gasteiger partial charge in [-0.15, -0.1) is 23.5 Å². The molecule has 3 atom stereocenters. The van der Waals surface area contributed by atoms with E-state index in [1.165, 1.54) is 114 Å². The third-order valence-electron chi connectivity index (χ3n) is 7.58. The molecule has 0 N–H and O–H groups in total. The monoisotopic (exact) mass is 556 g/mol. The summed E-state index contributed by atoms with van der Waals surface area (Å²) in [6, 6.07) is 0. The van der Waals surface area contributed by atoms with Crippen LogP contribution in [0.15, 0.2) is 0 Å². The van der Waals surface area contributed by atoms with Gasteiger partial charge in [0.2, 0.25) is 0 Å². The van der Waals surface area contributed by atoms with Crippen molar-refractivity contribution in [3.63, 3.8) is 0 Å². The molecule has 216 valence electrons. The first kappa shape index (κ1) is 33.9. The topological polar surface area (TPSA) is 36.9 Å². The summed E-state index contributed by atoms with van der Waals surface area (Å²) in [5, 5.41) is 0. The Morgan fingerprint density at radius 2 is 1.08 bits per heavy atom. The van der Waals surface area contributed by atoms with Crippen LogP contribution in [0.2, 0.25) is 12.6 Å². The van der Waals surface area contributed by atoms with Gasteiger partial charge in [-0.05, 0) is 37.0 Å². The van der Waals surface area contributed by atoms with Gasteiger partial charge in [0.05, 0.1) is 29.5 Å². The van der Waals surface area contributed by atoms with E-state index in [0.29, 0.717) is 11.2 Å². The molecule has 8 heteroatoms. The maximum atomic E-state index is 6.53. The van der Waals surface area contributed by atoms with Crippen molar-refractivity contribution in [1.82, 2.24) is 0 Å². The SMILES string of the molecule is CCCCCCCCCCSC(SCCCCCCCCCC)C1OB(CC)OC1C1COB(CC)O1. The van der Waals surface area contributed by atoms with Gasteiger partial charge < -0.3 is 18.6 Å². The fourth-order valence-electron chi connectivity index (χ4n) is 5.22. The van der Waals surface area contributed by atoms with Crippen LogP contribution in [0, 0.1) is 0 Å². The fraction of sp³-hybridized carbons (Fsp3) is 1.00. The van der Waals surface area contributed by atoms with Crippen molar-refractivity contribution in [1.29, 1.82) is 0 Å². The highest BCUT2D eigenvalue weighted by molar-refractivity contribution is 8.17. The van der Waals surface area contributed by atoms with Crippen LogP contribution >= 0.6 is 23.5 Å². The van der Waals surface area contributed by atoms with Crippen molar-refractivity contribution in [2.75, 3.05) is 18.1 Å². The lowest BCUT2D eigenvalue weighted by molar-refractivity contribution is 0.0506. The lowest BCUT2D eigenvalue weighted by atomic mass is 9.86. The van der Waals surface area contributed by atoms with E-state index in [1.54, 1.807) is 0 Å². The predicted octanol–water partition coefficient (Wildman–Crippen LogP) is 9.28. The molecule has 3 unspecified atom stereocenters. The van der Waals surface area contributed by atoms with Crippen LogP contribution in [0.25, 0.3) is 0 Å². The lowest BCUT2D eigenvalue weighted by Gasteiger charge is -2.29. The standard InChI is InChI=1S/C29H58B2O4S2/c1-5-9-11-13-15-17-19-21-23-36-29(37-24-22-20-18-16-14-12-10-6-2)28-27(34-31(8-4)35-28)26-25-32-30(7-3)33-26/h26-29H,5-25H2,1-4H3. The van der Waals surface area contributed by atoms with E-state index in [1.807, 2.05) is 0 Å². The quantitative estimate of drug-likeness (QED) is 0.0670. The largest absolute Gasteiger partial charge is 0.457 e. The average Bonchev–Trinajstić information content (AvgIpc) is 3.57. The Morgan fingerprint density at radius 1 is 0.595 bits per heavy atom. The Hall–Kier alpha value is 0.670. The van der Waals surface area contributed by atoms with E-state index in [2.05, 4.69) is 51.2 Å². The Kier molecular flexibility index (Phi) is 20.5. The predicted molar refractivity (Wildman–Crippen MR) is 167 cm³/mol. The fourth-order valence-corrected chi connectivity index (χ4v) is 8.20. The normalized spacial score (nSPS) is 22.1. The minimum atomic E-state index is -0.116. The van der Waals surface area contributed by atoms with Gasteiger partial charge in [-0.2, -0.15) is 0 Å². The van der Waals surface area contributed by atoms with E-state index in [9.17, 15) is 0 Å². The summed E-state index contributed by atoms with van der Waals surface area (Å²) >= 11 is 4.22. The minimum absolute atomic E-state index is 0.0126. The summed E-state index contributed by atoms with van der Waals surface area (Å²) in [4.78, 5) is 0. The molecule has 2 aliphatic heterocycles. The van der Waals surface area contributed by atoms with Crippen LogP contribution in [0.4, 0.5) is 0 Å². The van der Waals surface area contributed by atoms with E-state index in [0.717, 1.165) is 12.6 Å². The molecular weight excluding hydrogens is 498 g/mol. The molecule has 0 spiro atoms. The zero-order valence-electron chi connectivity index (χ0n) is 24.8. The van der Waals surface area contributed by atoms with Gasteiger partial charge in [-0.3, -0.25) is 0 Å². The number of hydrogen-bond acceptors (Lipinski definition) is 6. The van der Waals surface area contributed by atoms with Crippen molar-refractivity contribution in [2.24, 2.45) is 0 Å². The summed E-state index contributed by atoms with van der Waals surface area (Å²) in [5.74, 6) is 2.43. The van der Waals surface area contributed by atoms with Gasteiger partial charge in [0.15, 0.2) is 0 Å². The molecular formula is C29H58B2O4S2. The molecule has 2 rings (SSSR count). The first-order valence-corrected chi connectivity index (χ1v) is 18.1. The Balaban J connectivity index is 1.80. The number of rotatable bonds is 24. The summed E-state index contributed by atoms with van der Waals surface area (Å²) < 4.78 is 25.4. The van der Waals surface area contributed by atoms with Crippen LogP contribution in [-0.4, -0.2) is 55.2 Å². The van der Waals surface area contributed by atoms with Gasteiger partial charge in [0.1, 0.15) is 0 Å². The second-order valence-corrected chi connectivity index (χ2v) is 13.7. The van der Waals surface area contributed by atoms with E-state index < -0.39 is 0 Å². The first-order valence-electron chi connectivity index (χ1n) is 16.0. The molecule has 4 nitrogen and oxygen atoms in total. The molecule has 0 bridgehead atoms. The lowest BCUT2D eigenvalue weighted by Crippen LogP contribution is -2.42. The van der Waals surface area contributed by atoms with Crippen molar-refractivity contribution in [3.8, 4) is 0 Å². The van der Waals surface area contributed by atoms with Crippen LogP contribution < -0.4 is 0 Å². The molecule has 37 heavy (non-hydrogen) atoms. The molecule has 0 aromatic carbocycles. The Bertz CT molecular complexity index is 512. The van der Waals surface area contributed by atoms with Crippen molar-refractivity contribution < 1.29 is 18.6 Å². The van der Waals surface area contributed by atoms with Gasteiger partial charge in [0, 0.05) is 0 Å². The molecule has 0 saturated carbocycles. The molecule has 0 radical (unpaired) electrons. The molecule has 2 saturated heterocycles. The Morgan fingerprint density at radius 3 is 1.54 bits per heavy atom. The van der Waals surface area contributed by atoms with E-state index in [-0.39, 0.29) is 32.5 Å². The molecule has 0 aromatic rings. The summed E-state index contributed by atoms with van der Waals surface area (Å²) in [6.07, 6.45) is 23.8. The number of hydrogen-bond donors (Lipinski definition) is 0. The first-order chi connectivity index (χ1) is 18.2. The summed E-state index contributed by atoms with van der Waals surface area (Å²) in [6.45, 7) is 9.48.